The molecule has 0 aliphatic heterocycles. The molecule has 0 spiro atoms. The summed E-state index contributed by atoms with van der Waals surface area (Å²) in [7, 11) is 0. The molecule has 0 unspecified atom stereocenters. The second kappa shape index (κ2) is 7.51. The lowest BCUT2D eigenvalue weighted by molar-refractivity contribution is 0.106. The number of aromatic nitrogens is 3. The van der Waals surface area contributed by atoms with E-state index in [1.54, 1.807) is 12.1 Å². The van der Waals surface area contributed by atoms with Crippen LogP contribution in [0.2, 0.25) is 0 Å². The SMILES string of the molecule is [C-]#[N+]/C(=N/Nc1n[nH]c(-c2ccccc2)c1[N+]#[C-])C(=O)c1ccccn1. The van der Waals surface area contributed by atoms with Crippen molar-refractivity contribution in [2.75, 3.05) is 5.43 Å². The van der Waals surface area contributed by atoms with Crippen LogP contribution < -0.4 is 5.43 Å². The summed E-state index contributed by atoms with van der Waals surface area (Å²) in [4.78, 5) is 22.7. The number of Topliss-reactive ketones (excluding diaryl/α,β-unsaturated/α-hetero) is 1. The van der Waals surface area contributed by atoms with E-state index in [1.807, 2.05) is 30.3 Å². The Labute approximate surface area is 148 Å². The third-order valence-corrected chi connectivity index (χ3v) is 3.39. The molecular weight excluding hydrogens is 330 g/mol. The van der Waals surface area contributed by atoms with Gasteiger partial charge in [-0.3, -0.25) is 14.9 Å². The van der Waals surface area contributed by atoms with Gasteiger partial charge in [-0.1, -0.05) is 43.0 Å². The number of H-pyrrole nitrogens is 1. The predicted octanol–water partition coefficient (Wildman–Crippen LogP) is 3.55. The average molecular weight is 341 g/mol. The van der Waals surface area contributed by atoms with Crippen molar-refractivity contribution in [2.24, 2.45) is 5.10 Å². The number of pyridine rings is 1. The summed E-state index contributed by atoms with van der Waals surface area (Å²) in [6, 6.07) is 14.0. The van der Waals surface area contributed by atoms with Crippen LogP contribution in [-0.2, 0) is 0 Å². The molecule has 0 aliphatic carbocycles. The van der Waals surface area contributed by atoms with Gasteiger partial charge in [-0.15, -0.1) is 0 Å². The molecule has 0 radical (unpaired) electrons. The van der Waals surface area contributed by atoms with Gasteiger partial charge in [0.25, 0.3) is 5.69 Å². The van der Waals surface area contributed by atoms with Crippen LogP contribution >= 0.6 is 0 Å². The molecule has 2 aromatic heterocycles. The molecule has 0 saturated heterocycles. The molecule has 1 aromatic carbocycles. The van der Waals surface area contributed by atoms with E-state index in [9.17, 15) is 4.79 Å². The highest BCUT2D eigenvalue weighted by Crippen LogP contribution is 2.34. The van der Waals surface area contributed by atoms with Gasteiger partial charge in [0.05, 0.1) is 12.3 Å². The summed E-state index contributed by atoms with van der Waals surface area (Å²) in [5.41, 5.74) is 4.17. The molecular formula is C18H11N7O. The van der Waals surface area contributed by atoms with Crippen molar-refractivity contribution in [3.63, 3.8) is 0 Å². The van der Waals surface area contributed by atoms with E-state index >= 15 is 0 Å². The number of nitrogens with zero attached hydrogens (tertiary/aromatic N) is 5. The normalized spacial score (nSPS) is 10.6. The van der Waals surface area contributed by atoms with Crippen molar-refractivity contribution < 1.29 is 4.79 Å². The minimum absolute atomic E-state index is 0.112. The van der Waals surface area contributed by atoms with E-state index in [2.05, 4.69) is 35.4 Å². The van der Waals surface area contributed by atoms with Gasteiger partial charge in [0, 0.05) is 6.20 Å². The summed E-state index contributed by atoms with van der Waals surface area (Å²) in [5.74, 6) is -0.881. The quantitative estimate of drug-likeness (QED) is 0.244. The van der Waals surface area contributed by atoms with Crippen molar-refractivity contribution in [1.29, 1.82) is 0 Å². The number of aromatic amines is 1. The van der Waals surface area contributed by atoms with E-state index < -0.39 is 11.6 Å². The van der Waals surface area contributed by atoms with Gasteiger partial charge in [0.15, 0.2) is 5.82 Å². The third-order valence-electron chi connectivity index (χ3n) is 3.39. The van der Waals surface area contributed by atoms with Crippen molar-refractivity contribution >= 4 is 23.1 Å². The first kappa shape index (κ1) is 16.6. The average Bonchev–Trinajstić information content (AvgIpc) is 3.12. The van der Waals surface area contributed by atoms with Gasteiger partial charge in [0.2, 0.25) is 5.78 Å². The highest BCUT2D eigenvalue weighted by atomic mass is 16.1. The van der Waals surface area contributed by atoms with Gasteiger partial charge in [-0.2, -0.15) is 10.5 Å². The van der Waals surface area contributed by atoms with E-state index in [-0.39, 0.29) is 17.2 Å². The first-order valence-corrected chi connectivity index (χ1v) is 7.42. The lowest BCUT2D eigenvalue weighted by Crippen LogP contribution is -2.13. The molecule has 124 valence electrons. The maximum Gasteiger partial charge on any atom is 0.342 e. The molecule has 3 aromatic rings. The van der Waals surface area contributed by atoms with Crippen LogP contribution in [-0.4, -0.2) is 26.8 Å². The van der Waals surface area contributed by atoms with Crippen LogP contribution in [0.5, 0.6) is 0 Å². The fourth-order valence-electron chi connectivity index (χ4n) is 2.17. The predicted molar refractivity (Wildman–Crippen MR) is 96.5 cm³/mol. The fourth-order valence-corrected chi connectivity index (χ4v) is 2.17. The topological polar surface area (TPSA) is 91.8 Å². The van der Waals surface area contributed by atoms with Gasteiger partial charge >= 0.3 is 5.84 Å². The van der Waals surface area contributed by atoms with Crippen LogP contribution in [0.25, 0.3) is 20.9 Å². The number of ketones is 1. The van der Waals surface area contributed by atoms with E-state index in [4.69, 9.17) is 13.1 Å². The number of nitrogens with one attached hydrogen (secondary N) is 2. The largest absolute Gasteiger partial charge is 0.356 e. The number of rotatable bonds is 5. The fraction of sp³-hybridized carbons (Fsp3) is 0. The molecule has 0 saturated carbocycles. The van der Waals surface area contributed by atoms with Crippen LogP contribution in [0, 0.1) is 13.1 Å². The summed E-state index contributed by atoms with van der Waals surface area (Å²) in [6.07, 6.45) is 1.46. The maximum absolute atomic E-state index is 12.2. The minimum atomic E-state index is -0.615. The Morgan fingerprint density at radius 1 is 1.12 bits per heavy atom. The zero-order valence-corrected chi connectivity index (χ0v) is 13.3. The van der Waals surface area contributed by atoms with Crippen molar-refractivity contribution in [1.82, 2.24) is 15.2 Å². The van der Waals surface area contributed by atoms with Crippen LogP contribution in [0.3, 0.4) is 0 Å². The Morgan fingerprint density at radius 3 is 2.54 bits per heavy atom. The second-order valence-corrected chi connectivity index (χ2v) is 4.98. The molecule has 0 aliphatic rings. The van der Waals surface area contributed by atoms with E-state index in [1.165, 1.54) is 12.3 Å². The molecule has 2 heterocycles. The molecule has 26 heavy (non-hydrogen) atoms. The molecule has 0 amide bonds. The van der Waals surface area contributed by atoms with Gasteiger partial charge in [-0.25, -0.2) is 4.85 Å². The Balaban J connectivity index is 1.88. The number of anilines is 1. The van der Waals surface area contributed by atoms with E-state index in [0.717, 1.165) is 5.56 Å². The standard InChI is InChI=1S/C18H11N7O/c1-19-15-14(12-8-4-3-5-9-12)22-23-17(15)24-25-18(20-2)16(26)13-10-6-7-11-21-13/h3-11H,(H2,22,23,24)/b25-18+. The Kier molecular flexibility index (Phi) is 4.78. The molecule has 3 rings (SSSR count). The third kappa shape index (κ3) is 3.30. The monoisotopic (exact) mass is 341 g/mol. The Hall–Kier alpha value is -4.30. The van der Waals surface area contributed by atoms with Gasteiger partial charge < -0.3 is 4.85 Å². The first-order chi connectivity index (χ1) is 12.7. The number of hydrogen-bond donors (Lipinski definition) is 2. The zero-order chi connectivity index (χ0) is 18.4. The minimum Gasteiger partial charge on any atom is -0.356 e. The lowest BCUT2D eigenvalue weighted by Gasteiger charge is -1.98. The molecule has 8 nitrogen and oxygen atoms in total. The summed E-state index contributed by atoms with van der Waals surface area (Å²) in [5, 5.41) is 10.6. The number of carbonyl (C=O) groups is 1. The second-order valence-electron chi connectivity index (χ2n) is 4.98. The van der Waals surface area contributed by atoms with E-state index in [0.29, 0.717) is 5.69 Å². The number of benzene rings is 1. The lowest BCUT2D eigenvalue weighted by atomic mass is 10.1. The summed E-state index contributed by atoms with van der Waals surface area (Å²) < 4.78 is 0. The Bertz CT molecular complexity index is 1040. The molecule has 0 bridgehead atoms. The smallest absolute Gasteiger partial charge is 0.342 e. The highest BCUT2D eigenvalue weighted by Gasteiger charge is 2.19. The van der Waals surface area contributed by atoms with Crippen molar-refractivity contribution in [3.8, 4) is 11.3 Å². The number of hydrogen-bond acceptors (Lipinski definition) is 5. The van der Waals surface area contributed by atoms with Crippen molar-refractivity contribution in [2.45, 2.75) is 0 Å². The Morgan fingerprint density at radius 2 is 1.88 bits per heavy atom. The van der Waals surface area contributed by atoms with Crippen LogP contribution in [0.15, 0.2) is 59.8 Å². The molecule has 8 heteroatoms. The van der Waals surface area contributed by atoms with Gasteiger partial charge in [0.1, 0.15) is 5.69 Å². The van der Waals surface area contributed by atoms with Gasteiger partial charge in [-0.05, 0) is 22.8 Å². The number of carbonyl (C=O) groups excluding carboxylic acids is 1. The van der Waals surface area contributed by atoms with Crippen LogP contribution in [0.1, 0.15) is 10.5 Å². The summed E-state index contributed by atoms with van der Waals surface area (Å²) in [6.45, 7) is 14.5. The van der Waals surface area contributed by atoms with Crippen LogP contribution in [0.4, 0.5) is 11.5 Å². The highest BCUT2D eigenvalue weighted by molar-refractivity contribution is 6.48. The van der Waals surface area contributed by atoms with Crippen molar-refractivity contribution in [3.05, 3.63) is 83.3 Å². The maximum atomic E-state index is 12.2. The summed E-state index contributed by atoms with van der Waals surface area (Å²) >= 11 is 0. The number of hydrazone groups is 1. The number of amidine groups is 1. The molecule has 0 fully saturated rings. The first-order valence-electron chi connectivity index (χ1n) is 7.42. The zero-order valence-electron chi connectivity index (χ0n) is 13.3. The molecule has 2 N–H and O–H groups in total. The molecule has 0 atom stereocenters.